The molecule has 3 aromatic carbocycles. The average Bonchev–Trinajstić information content (AvgIpc) is 3.28. The van der Waals surface area contributed by atoms with Crippen LogP contribution in [0.5, 0.6) is 5.75 Å². The zero-order valence-corrected chi connectivity index (χ0v) is 23.3. The summed E-state index contributed by atoms with van der Waals surface area (Å²) in [4.78, 5) is 16.8. The molecule has 1 saturated carbocycles. The van der Waals surface area contributed by atoms with Gasteiger partial charge in [-0.25, -0.2) is 4.42 Å². The summed E-state index contributed by atoms with van der Waals surface area (Å²) in [5, 5.41) is 1.46. The van der Waals surface area contributed by atoms with Crippen LogP contribution in [0.15, 0.2) is 72.8 Å². The van der Waals surface area contributed by atoms with Crippen molar-refractivity contribution < 1.29 is 9.53 Å². The summed E-state index contributed by atoms with van der Waals surface area (Å²) in [5.74, 6) is 0.746. The van der Waals surface area contributed by atoms with Crippen molar-refractivity contribution >= 4 is 50.7 Å². The molecule has 1 amide bonds. The molecule has 0 atom stereocenters. The molecule has 4 nitrogen and oxygen atoms in total. The van der Waals surface area contributed by atoms with Gasteiger partial charge in [-0.2, -0.15) is 0 Å². The fourth-order valence-corrected chi connectivity index (χ4v) is 6.93. The van der Waals surface area contributed by atoms with Crippen molar-refractivity contribution in [3.63, 3.8) is 0 Å². The van der Waals surface area contributed by atoms with E-state index < -0.39 is 0 Å². The average molecular weight is 554 g/mol. The Kier molecular flexibility index (Phi) is 8.06. The van der Waals surface area contributed by atoms with Crippen LogP contribution >= 0.6 is 34.7 Å². The summed E-state index contributed by atoms with van der Waals surface area (Å²) in [6, 6.07) is 24.8. The first-order chi connectivity index (χ1) is 18.0. The monoisotopic (exact) mass is 552 g/mol. The number of nitrogens with zero attached hydrogens (tertiary/aromatic N) is 2. The van der Waals surface area contributed by atoms with Crippen molar-refractivity contribution in [1.29, 1.82) is 0 Å². The fraction of sp³-hybridized carbons (Fsp3) is 0.300. The topological polar surface area (TPSA) is 32.8 Å². The summed E-state index contributed by atoms with van der Waals surface area (Å²) in [6.07, 6.45) is 3.65. The van der Waals surface area contributed by atoms with Gasteiger partial charge < -0.3 is 9.64 Å². The Morgan fingerprint density at radius 1 is 0.946 bits per heavy atom. The summed E-state index contributed by atoms with van der Waals surface area (Å²) < 4.78 is 8.54. The minimum Gasteiger partial charge on any atom is -0.496 e. The number of hydrogen-bond donors (Lipinski definition) is 0. The first-order valence-electron chi connectivity index (χ1n) is 12.5. The highest BCUT2D eigenvalue weighted by Gasteiger charge is 2.33. The zero-order chi connectivity index (χ0) is 25.9. The molecule has 1 fully saturated rings. The Morgan fingerprint density at radius 3 is 2.30 bits per heavy atom. The number of hydrogen-bond acceptors (Lipinski definition) is 4. The van der Waals surface area contributed by atoms with E-state index >= 15 is 0 Å². The SMILES string of the molecule is COc1ccc(-c2ccccc2)cc1CN(C(=O)c1sc2ccccc2c1Cl)C1CCC(N(C)Cl)CC1. The van der Waals surface area contributed by atoms with Crippen LogP contribution in [-0.4, -0.2) is 41.5 Å². The van der Waals surface area contributed by atoms with Gasteiger partial charge in [0, 0.05) is 41.3 Å². The lowest BCUT2D eigenvalue weighted by Crippen LogP contribution is -2.44. The molecule has 1 aliphatic carbocycles. The van der Waals surface area contributed by atoms with E-state index in [2.05, 4.69) is 24.3 Å². The molecular formula is C30H30Cl2N2O2S. The number of halogens is 2. The molecule has 192 valence electrons. The van der Waals surface area contributed by atoms with Crippen molar-refractivity contribution in [2.24, 2.45) is 0 Å². The molecule has 1 heterocycles. The molecule has 0 spiro atoms. The third-order valence-corrected chi connectivity index (χ3v) is 9.27. The van der Waals surface area contributed by atoms with Crippen LogP contribution in [0.1, 0.15) is 40.9 Å². The van der Waals surface area contributed by atoms with E-state index in [9.17, 15) is 4.79 Å². The van der Waals surface area contributed by atoms with Crippen molar-refractivity contribution in [1.82, 2.24) is 9.32 Å². The third-order valence-electron chi connectivity index (χ3n) is 7.33. The van der Waals surface area contributed by atoms with E-state index in [1.54, 1.807) is 11.5 Å². The van der Waals surface area contributed by atoms with Gasteiger partial charge in [-0.1, -0.05) is 66.2 Å². The maximum atomic E-state index is 14.2. The molecule has 0 unspecified atom stereocenters. The summed E-state index contributed by atoms with van der Waals surface area (Å²) in [7, 11) is 3.59. The molecule has 4 aromatic rings. The van der Waals surface area contributed by atoms with Gasteiger partial charge in [0.25, 0.3) is 5.91 Å². The summed E-state index contributed by atoms with van der Waals surface area (Å²) in [5.41, 5.74) is 3.20. The van der Waals surface area contributed by atoms with Gasteiger partial charge in [0.15, 0.2) is 0 Å². The molecule has 1 aliphatic rings. The maximum Gasteiger partial charge on any atom is 0.266 e. The molecule has 0 bridgehead atoms. The Hall–Kier alpha value is -2.57. The van der Waals surface area contributed by atoms with E-state index in [4.69, 9.17) is 28.1 Å². The Labute approximate surface area is 232 Å². The van der Waals surface area contributed by atoms with Gasteiger partial charge in [-0.15, -0.1) is 11.3 Å². The first-order valence-corrected chi connectivity index (χ1v) is 14.1. The minimum atomic E-state index is -0.0268. The molecule has 1 aromatic heterocycles. The van der Waals surface area contributed by atoms with Crippen LogP contribution in [0.4, 0.5) is 0 Å². The van der Waals surface area contributed by atoms with Crippen LogP contribution in [0.2, 0.25) is 5.02 Å². The number of amides is 1. The van der Waals surface area contributed by atoms with E-state index in [-0.39, 0.29) is 11.9 Å². The highest BCUT2D eigenvalue weighted by atomic mass is 35.5. The van der Waals surface area contributed by atoms with Gasteiger partial charge >= 0.3 is 0 Å². The van der Waals surface area contributed by atoms with Crippen molar-refractivity contribution in [2.45, 2.75) is 44.3 Å². The van der Waals surface area contributed by atoms with E-state index in [0.717, 1.165) is 58.2 Å². The van der Waals surface area contributed by atoms with E-state index in [1.807, 2.05) is 60.5 Å². The zero-order valence-electron chi connectivity index (χ0n) is 21.0. The molecule has 0 saturated heterocycles. The number of benzene rings is 3. The van der Waals surface area contributed by atoms with Crippen LogP contribution in [-0.2, 0) is 6.54 Å². The summed E-state index contributed by atoms with van der Waals surface area (Å²) >= 11 is 14.5. The van der Waals surface area contributed by atoms with Crippen molar-refractivity contribution in [3.8, 4) is 16.9 Å². The largest absolute Gasteiger partial charge is 0.496 e. The van der Waals surface area contributed by atoms with Gasteiger partial charge in [0.1, 0.15) is 10.6 Å². The molecule has 0 aliphatic heterocycles. The standard InChI is InChI=1S/C30H30Cl2N2O2S/c1-33(32)23-13-15-24(16-14-23)34(30(35)29-28(31)25-10-6-7-11-27(25)37-29)19-22-18-21(12-17-26(22)36-2)20-8-4-3-5-9-20/h3-12,17-18,23-24H,13-16,19H2,1-2H3. The number of methoxy groups -OCH3 is 1. The lowest BCUT2D eigenvalue weighted by molar-refractivity contribution is 0.0589. The fourth-order valence-electron chi connectivity index (χ4n) is 5.27. The van der Waals surface area contributed by atoms with Crippen LogP contribution in [0.25, 0.3) is 21.2 Å². The number of fused-ring (bicyclic) bond motifs is 1. The van der Waals surface area contributed by atoms with Crippen molar-refractivity contribution in [2.75, 3.05) is 14.2 Å². The molecule has 0 N–H and O–H groups in total. The van der Waals surface area contributed by atoms with Crippen molar-refractivity contribution in [3.05, 3.63) is 88.3 Å². The number of ether oxygens (including phenoxy) is 1. The quantitative estimate of drug-likeness (QED) is 0.216. The molecule has 5 rings (SSSR count). The highest BCUT2D eigenvalue weighted by Crippen LogP contribution is 2.38. The second kappa shape index (κ2) is 11.4. The normalized spacial score (nSPS) is 17.8. The number of carbonyl (C=O) groups excluding carboxylic acids is 1. The number of thiophene rings is 1. The van der Waals surface area contributed by atoms with Crippen LogP contribution in [0, 0.1) is 0 Å². The molecule has 0 radical (unpaired) electrons. The lowest BCUT2D eigenvalue weighted by atomic mass is 9.89. The van der Waals surface area contributed by atoms with Gasteiger partial charge in [0.05, 0.1) is 12.1 Å². The highest BCUT2D eigenvalue weighted by molar-refractivity contribution is 7.21. The van der Waals surface area contributed by atoms with Gasteiger partial charge in [0.2, 0.25) is 0 Å². The van der Waals surface area contributed by atoms with Gasteiger partial charge in [-0.05, 0) is 66.8 Å². The predicted octanol–water partition coefficient (Wildman–Crippen LogP) is 8.27. The predicted molar refractivity (Wildman–Crippen MR) is 155 cm³/mol. The first kappa shape index (κ1) is 26.1. The Morgan fingerprint density at radius 2 is 1.62 bits per heavy atom. The van der Waals surface area contributed by atoms with E-state index in [1.165, 1.54) is 11.3 Å². The smallest absolute Gasteiger partial charge is 0.266 e. The Balaban J connectivity index is 1.52. The molecule has 37 heavy (non-hydrogen) atoms. The lowest BCUT2D eigenvalue weighted by Gasteiger charge is -2.38. The third kappa shape index (κ3) is 5.51. The van der Waals surface area contributed by atoms with Crippen LogP contribution < -0.4 is 4.74 Å². The number of carbonyl (C=O) groups is 1. The second-order valence-corrected chi connectivity index (χ2v) is 11.5. The van der Waals surface area contributed by atoms with Crippen LogP contribution in [0.3, 0.4) is 0 Å². The molecular weight excluding hydrogens is 523 g/mol. The Bertz CT molecular complexity index is 1380. The minimum absolute atomic E-state index is 0.0268. The van der Waals surface area contributed by atoms with E-state index in [0.29, 0.717) is 22.5 Å². The van der Waals surface area contributed by atoms with Gasteiger partial charge in [-0.3, -0.25) is 4.79 Å². The summed E-state index contributed by atoms with van der Waals surface area (Å²) in [6.45, 7) is 0.444. The molecule has 7 heteroatoms. The maximum absolute atomic E-state index is 14.2. The number of rotatable bonds is 7. The second-order valence-electron chi connectivity index (χ2n) is 9.55.